The van der Waals surface area contributed by atoms with E-state index in [1.165, 1.54) is 6.92 Å². The second-order valence-corrected chi connectivity index (χ2v) is 4.90. The molecule has 0 aliphatic heterocycles. The number of halogens is 1. The monoisotopic (exact) mass is 294 g/mol. The van der Waals surface area contributed by atoms with Crippen LogP contribution in [0.2, 0.25) is 0 Å². The lowest BCUT2D eigenvalue weighted by Crippen LogP contribution is -2.01. The predicted molar refractivity (Wildman–Crippen MR) is 82.8 cm³/mol. The van der Waals surface area contributed by atoms with Gasteiger partial charge in [-0.2, -0.15) is 15.0 Å². The number of benzene rings is 1. The predicted octanol–water partition coefficient (Wildman–Crippen LogP) is 3.30. The van der Waals surface area contributed by atoms with Crippen LogP contribution in [0, 0.1) is 11.8 Å². The van der Waals surface area contributed by atoms with Crippen LogP contribution in [0.1, 0.15) is 30.9 Å². The molecule has 0 bridgehead atoms. The highest BCUT2D eigenvalue weighted by atomic mass is 19.1. The third kappa shape index (κ3) is 3.29. The molecule has 3 aromatic rings. The Labute approximate surface area is 128 Å². The first-order valence-corrected chi connectivity index (χ1v) is 7.12. The van der Waals surface area contributed by atoms with Crippen LogP contribution < -0.4 is 0 Å². The number of hydrogen-bond donors (Lipinski definition) is 0. The normalized spacial score (nSPS) is 11.9. The van der Waals surface area contributed by atoms with Gasteiger partial charge in [-0.1, -0.05) is 24.1 Å². The average molecular weight is 294 g/mol. The number of fused-ring (bicyclic) bond motifs is 1. The summed E-state index contributed by atoms with van der Waals surface area (Å²) in [7, 11) is 0. The Morgan fingerprint density at radius 3 is 2.50 bits per heavy atom. The molecule has 5 heteroatoms. The maximum absolute atomic E-state index is 13.2. The number of aromatic nitrogens is 4. The van der Waals surface area contributed by atoms with Crippen LogP contribution in [0.5, 0.6) is 0 Å². The first-order valence-electron chi connectivity index (χ1n) is 7.12. The third-order valence-electron chi connectivity index (χ3n) is 3.16. The topological polar surface area (TPSA) is 43.6 Å². The Hall–Kier alpha value is -2.74. The summed E-state index contributed by atoms with van der Waals surface area (Å²) in [6, 6.07) is 12.9. The van der Waals surface area contributed by atoms with Crippen molar-refractivity contribution in [3.05, 3.63) is 53.9 Å². The molecule has 0 saturated heterocycles. The lowest BCUT2D eigenvalue weighted by molar-refractivity contribution is 0.365. The first-order chi connectivity index (χ1) is 10.7. The molecule has 110 valence electrons. The van der Waals surface area contributed by atoms with Crippen LogP contribution >= 0.6 is 0 Å². The number of alkyl halides is 1. The fraction of sp³-hybridized carbons (Fsp3) is 0.235. The van der Waals surface area contributed by atoms with Crippen molar-refractivity contribution in [3.8, 4) is 11.8 Å². The van der Waals surface area contributed by atoms with Crippen LogP contribution in [0.15, 0.2) is 42.5 Å². The molecule has 0 saturated carbocycles. The smallest absolute Gasteiger partial charge is 0.139 e. The van der Waals surface area contributed by atoms with Gasteiger partial charge < -0.3 is 0 Å². The summed E-state index contributed by atoms with van der Waals surface area (Å²) in [5, 5.41) is 8.73. The minimum Gasteiger partial charge on any atom is -0.241 e. The van der Waals surface area contributed by atoms with E-state index in [1.54, 1.807) is 23.0 Å². The Morgan fingerprint density at radius 1 is 1.09 bits per heavy atom. The Balaban J connectivity index is 1.65. The Morgan fingerprint density at radius 2 is 1.82 bits per heavy atom. The molecule has 22 heavy (non-hydrogen) atoms. The minimum atomic E-state index is -1.08. The zero-order chi connectivity index (χ0) is 15.4. The van der Waals surface area contributed by atoms with Gasteiger partial charge in [-0.25, -0.2) is 9.37 Å². The standard InChI is InChI=1S/C17H15FN4/c1-13(18)15-11-6-8-14(19-15)7-4-5-12-22-20-16-9-2-3-10-17(16)21-22/h2-3,6,8-11,13H,5,12H2,1H3. The first kappa shape index (κ1) is 14.2. The van der Waals surface area contributed by atoms with Gasteiger partial charge in [-0.3, -0.25) is 0 Å². The molecule has 0 aliphatic carbocycles. The van der Waals surface area contributed by atoms with E-state index in [0.717, 1.165) is 11.0 Å². The molecule has 3 rings (SSSR count). The van der Waals surface area contributed by atoms with Crippen LogP contribution in [0.3, 0.4) is 0 Å². The quantitative estimate of drug-likeness (QED) is 0.696. The summed E-state index contributed by atoms with van der Waals surface area (Å²) in [6.45, 7) is 2.08. The summed E-state index contributed by atoms with van der Waals surface area (Å²) in [5.41, 5.74) is 2.75. The maximum Gasteiger partial charge on any atom is 0.139 e. The number of rotatable bonds is 3. The van der Waals surface area contributed by atoms with E-state index in [-0.39, 0.29) is 0 Å². The van der Waals surface area contributed by atoms with Gasteiger partial charge >= 0.3 is 0 Å². The summed E-state index contributed by atoms with van der Waals surface area (Å²) >= 11 is 0. The molecule has 2 heterocycles. The van der Waals surface area contributed by atoms with Gasteiger partial charge in [-0.05, 0) is 37.1 Å². The molecule has 0 amide bonds. The number of hydrogen-bond acceptors (Lipinski definition) is 3. The molecule has 0 radical (unpaired) electrons. The number of nitrogens with zero attached hydrogens (tertiary/aromatic N) is 4. The van der Waals surface area contributed by atoms with Crippen LogP contribution in [0.25, 0.3) is 11.0 Å². The molecule has 0 fully saturated rings. The van der Waals surface area contributed by atoms with Crippen molar-refractivity contribution < 1.29 is 4.39 Å². The largest absolute Gasteiger partial charge is 0.241 e. The van der Waals surface area contributed by atoms with Gasteiger partial charge in [-0.15, -0.1) is 0 Å². The van der Waals surface area contributed by atoms with E-state index < -0.39 is 6.17 Å². The summed E-state index contributed by atoms with van der Waals surface area (Å²) in [4.78, 5) is 5.81. The summed E-state index contributed by atoms with van der Waals surface area (Å²) < 4.78 is 13.2. The van der Waals surface area contributed by atoms with Gasteiger partial charge in [0.1, 0.15) is 22.9 Å². The zero-order valence-electron chi connectivity index (χ0n) is 12.2. The van der Waals surface area contributed by atoms with E-state index in [2.05, 4.69) is 27.0 Å². The van der Waals surface area contributed by atoms with E-state index >= 15 is 0 Å². The molecular formula is C17H15FN4. The van der Waals surface area contributed by atoms with E-state index in [9.17, 15) is 4.39 Å². The molecule has 1 unspecified atom stereocenters. The SMILES string of the molecule is CC(F)c1cccc(C#CCCn2nc3ccccc3n2)n1. The van der Waals surface area contributed by atoms with Gasteiger partial charge in [0.25, 0.3) is 0 Å². The van der Waals surface area contributed by atoms with Crippen molar-refractivity contribution in [2.24, 2.45) is 0 Å². The fourth-order valence-corrected chi connectivity index (χ4v) is 2.06. The van der Waals surface area contributed by atoms with Crippen LogP contribution in [-0.4, -0.2) is 20.0 Å². The summed E-state index contributed by atoms with van der Waals surface area (Å²) in [5.74, 6) is 5.97. The molecule has 0 N–H and O–H groups in total. The van der Waals surface area contributed by atoms with Gasteiger partial charge in [0.15, 0.2) is 0 Å². The average Bonchev–Trinajstić information content (AvgIpc) is 2.94. The van der Waals surface area contributed by atoms with E-state index in [0.29, 0.717) is 24.4 Å². The van der Waals surface area contributed by atoms with E-state index in [4.69, 9.17) is 0 Å². The molecule has 0 aliphatic rings. The molecule has 0 spiro atoms. The van der Waals surface area contributed by atoms with Gasteiger partial charge in [0.05, 0.1) is 12.2 Å². The van der Waals surface area contributed by atoms with Crippen molar-refractivity contribution in [1.82, 2.24) is 20.0 Å². The van der Waals surface area contributed by atoms with Crippen molar-refractivity contribution in [2.45, 2.75) is 26.1 Å². The fourth-order valence-electron chi connectivity index (χ4n) is 2.06. The van der Waals surface area contributed by atoms with Crippen molar-refractivity contribution in [2.75, 3.05) is 0 Å². The van der Waals surface area contributed by atoms with Crippen molar-refractivity contribution in [3.63, 3.8) is 0 Å². The zero-order valence-corrected chi connectivity index (χ0v) is 12.2. The second kappa shape index (κ2) is 6.35. The number of aryl methyl sites for hydroxylation is 1. The Kier molecular flexibility index (Phi) is 4.10. The molecular weight excluding hydrogens is 279 g/mol. The van der Waals surface area contributed by atoms with Crippen LogP contribution in [0.4, 0.5) is 4.39 Å². The highest BCUT2D eigenvalue weighted by Crippen LogP contribution is 2.13. The molecule has 2 aromatic heterocycles. The Bertz CT molecular complexity index is 809. The van der Waals surface area contributed by atoms with Crippen molar-refractivity contribution >= 4 is 11.0 Å². The lowest BCUT2D eigenvalue weighted by Gasteiger charge is -2.00. The molecule has 1 aromatic carbocycles. The molecule has 4 nitrogen and oxygen atoms in total. The highest BCUT2D eigenvalue weighted by molar-refractivity contribution is 5.72. The van der Waals surface area contributed by atoms with Gasteiger partial charge in [0.2, 0.25) is 0 Å². The third-order valence-corrected chi connectivity index (χ3v) is 3.16. The van der Waals surface area contributed by atoms with E-state index in [1.807, 2.05) is 24.3 Å². The second-order valence-electron chi connectivity index (χ2n) is 4.90. The lowest BCUT2D eigenvalue weighted by atomic mass is 10.2. The minimum absolute atomic E-state index is 0.409. The van der Waals surface area contributed by atoms with Crippen molar-refractivity contribution in [1.29, 1.82) is 0 Å². The molecule has 1 atom stereocenters. The van der Waals surface area contributed by atoms with Gasteiger partial charge in [0, 0.05) is 6.42 Å². The highest BCUT2D eigenvalue weighted by Gasteiger charge is 2.03. The summed E-state index contributed by atoms with van der Waals surface area (Å²) in [6.07, 6.45) is -0.472. The maximum atomic E-state index is 13.2. The van der Waals surface area contributed by atoms with Crippen LogP contribution in [-0.2, 0) is 6.54 Å². The number of pyridine rings is 1.